The Morgan fingerprint density at radius 3 is 2.63 bits per heavy atom. The molecular weight excluding hydrogens is 256 g/mol. The van der Waals surface area contributed by atoms with Gasteiger partial charge in [0.1, 0.15) is 11.9 Å². The first-order valence-corrected chi connectivity index (χ1v) is 5.27. The molecule has 1 fully saturated rings. The van der Waals surface area contributed by atoms with Gasteiger partial charge >= 0.3 is 13.2 Å². The number of aliphatic hydroxyl groups is 1. The normalized spacial score (nSPS) is 18.0. The number of amides is 1. The molecule has 3 N–H and O–H groups in total. The van der Waals surface area contributed by atoms with Crippen LogP contribution < -0.4 is 10.4 Å². The van der Waals surface area contributed by atoms with Gasteiger partial charge in [0.15, 0.2) is 0 Å². The number of carbonyl (C=O) groups is 1. The summed E-state index contributed by atoms with van der Waals surface area (Å²) < 4.78 is 18.3. The van der Waals surface area contributed by atoms with Crippen LogP contribution in [0.2, 0.25) is 0 Å². The molecule has 0 bridgehead atoms. The summed E-state index contributed by atoms with van der Waals surface area (Å²) in [6.07, 6.45) is -1.31. The van der Waals surface area contributed by atoms with Crippen LogP contribution in [0.3, 0.4) is 0 Å². The maximum absolute atomic E-state index is 13.5. The van der Waals surface area contributed by atoms with Crippen molar-refractivity contribution in [3.8, 4) is 0 Å². The number of ether oxygens (including phenoxy) is 1. The molecule has 0 radical (unpaired) electrons. The molecule has 1 unspecified atom stereocenters. The molecule has 1 aliphatic heterocycles. The van der Waals surface area contributed by atoms with E-state index in [4.69, 9.17) is 19.9 Å². The maximum atomic E-state index is 13.5. The van der Waals surface area contributed by atoms with Crippen molar-refractivity contribution >= 4 is 24.4 Å². The van der Waals surface area contributed by atoms with E-state index in [1.807, 2.05) is 0 Å². The van der Waals surface area contributed by atoms with Gasteiger partial charge in [-0.05, 0) is 12.1 Å². The van der Waals surface area contributed by atoms with E-state index in [-0.39, 0.29) is 31.7 Å². The van der Waals surface area contributed by atoms with E-state index in [9.17, 15) is 9.18 Å². The fourth-order valence-corrected chi connectivity index (χ4v) is 1.72. The van der Waals surface area contributed by atoms with Crippen LogP contribution in [0.25, 0.3) is 0 Å². The minimum atomic E-state index is -1.91. The molecule has 1 aromatic carbocycles. The molecule has 1 heterocycles. The number of hydrogen-bond acceptors (Lipinski definition) is 5. The Hall–Kier alpha value is -1.64. The van der Waals surface area contributed by atoms with Gasteiger partial charge in [-0.3, -0.25) is 4.90 Å². The van der Waals surface area contributed by atoms with Crippen LogP contribution in [0, 0.1) is 5.82 Å². The summed E-state index contributed by atoms with van der Waals surface area (Å²) in [5.41, 5.74) is -0.0390. The molecule has 1 saturated heterocycles. The van der Waals surface area contributed by atoms with Crippen molar-refractivity contribution in [1.82, 2.24) is 0 Å². The molecule has 104 valence electrons. The number of hydrogen-bond donors (Lipinski definition) is 3. The van der Waals surface area contributed by atoms with Crippen molar-refractivity contribution in [1.29, 1.82) is 0 Å². The van der Waals surface area contributed by atoms with Crippen LogP contribution >= 0.6 is 0 Å². The highest BCUT2D eigenvalue weighted by molar-refractivity contribution is 6.58. The van der Waals surface area contributed by atoms with E-state index in [2.05, 4.69) is 0 Å². The Bertz CT molecular complexity index is 470. The largest absolute Gasteiger partial charge is 0.491 e. The molecule has 6 nitrogen and oxygen atoms in total. The highest BCUT2D eigenvalue weighted by Gasteiger charge is 2.32. The molecule has 1 aliphatic rings. The second-order valence-electron chi connectivity index (χ2n) is 3.88. The zero-order chi connectivity index (χ0) is 13.3. The summed E-state index contributed by atoms with van der Waals surface area (Å²) in [4.78, 5) is 12.6. The Morgan fingerprint density at radius 2 is 2.16 bits per heavy atom. The van der Waals surface area contributed by atoms with Crippen LogP contribution in [-0.4, -0.2) is 47.6 Å². The first-order valence-electron chi connectivity index (χ1n) is 5.27. The van der Waals surface area contributed by atoms with E-state index in [0.717, 1.165) is 11.0 Å². The van der Waals surface area contributed by atoms with Crippen molar-refractivity contribution in [2.75, 3.05) is 18.1 Å². The predicted octanol–water partition coefficient (Wildman–Crippen LogP) is -0.541. The molecule has 1 amide bonds. The Kier molecular flexibility index (Phi) is 4.87. The predicted molar refractivity (Wildman–Crippen MR) is 67.7 cm³/mol. The lowest BCUT2D eigenvalue weighted by Crippen LogP contribution is -2.33. The molecule has 19 heavy (non-hydrogen) atoms. The van der Waals surface area contributed by atoms with Gasteiger partial charge in [-0.2, -0.15) is 0 Å². The molecule has 1 aromatic rings. The third kappa shape index (κ3) is 3.03. The van der Waals surface area contributed by atoms with E-state index in [0.29, 0.717) is 0 Å². The number of rotatable bonds is 3. The lowest BCUT2D eigenvalue weighted by atomic mass is 9.80. The van der Waals surface area contributed by atoms with Crippen molar-refractivity contribution in [2.45, 2.75) is 13.5 Å². The van der Waals surface area contributed by atoms with E-state index < -0.39 is 25.1 Å². The zero-order valence-corrected chi connectivity index (χ0v) is 9.28. The van der Waals surface area contributed by atoms with Crippen LogP contribution in [-0.2, 0) is 4.74 Å². The smallest absolute Gasteiger partial charge is 0.441 e. The SMILES string of the molecule is C.O=C1OC(CO)CN1c1ccc(B(O)O)c(F)c1. The zero-order valence-electron chi connectivity index (χ0n) is 9.28. The summed E-state index contributed by atoms with van der Waals surface area (Å²) >= 11 is 0. The lowest BCUT2D eigenvalue weighted by Gasteiger charge is -2.13. The molecule has 1 atom stereocenters. The molecule has 0 saturated carbocycles. The number of anilines is 1. The summed E-state index contributed by atoms with van der Waals surface area (Å²) in [7, 11) is -1.91. The fourth-order valence-electron chi connectivity index (χ4n) is 1.72. The minimum Gasteiger partial charge on any atom is -0.441 e. The number of benzene rings is 1. The van der Waals surface area contributed by atoms with Gasteiger partial charge in [0, 0.05) is 5.46 Å². The molecule has 8 heteroatoms. The van der Waals surface area contributed by atoms with Crippen LogP contribution in [0.5, 0.6) is 0 Å². The number of carbonyl (C=O) groups excluding carboxylic acids is 1. The van der Waals surface area contributed by atoms with Crippen molar-refractivity contribution < 1.29 is 29.1 Å². The monoisotopic (exact) mass is 271 g/mol. The van der Waals surface area contributed by atoms with Gasteiger partial charge in [0.25, 0.3) is 0 Å². The maximum Gasteiger partial charge on any atom is 0.491 e. The average molecular weight is 271 g/mol. The second-order valence-corrected chi connectivity index (χ2v) is 3.88. The van der Waals surface area contributed by atoms with Crippen molar-refractivity contribution in [3.63, 3.8) is 0 Å². The van der Waals surface area contributed by atoms with E-state index >= 15 is 0 Å². The average Bonchev–Trinajstić information content (AvgIpc) is 2.70. The van der Waals surface area contributed by atoms with Crippen molar-refractivity contribution in [3.05, 3.63) is 24.0 Å². The van der Waals surface area contributed by atoms with E-state index in [1.54, 1.807) is 0 Å². The van der Waals surface area contributed by atoms with E-state index in [1.165, 1.54) is 12.1 Å². The Balaban J connectivity index is 0.00000180. The highest BCUT2D eigenvalue weighted by atomic mass is 19.1. The molecular formula is C11H15BFNO5. The summed E-state index contributed by atoms with van der Waals surface area (Å²) in [5, 5.41) is 26.6. The van der Waals surface area contributed by atoms with Gasteiger partial charge in [-0.1, -0.05) is 13.5 Å². The van der Waals surface area contributed by atoms with Crippen LogP contribution in [0.4, 0.5) is 14.9 Å². The third-order valence-corrected chi connectivity index (χ3v) is 2.65. The standard InChI is InChI=1S/C10H11BFNO5.CH4/c12-9-3-6(1-2-8(9)11(16)17)13-4-7(5-14)18-10(13)15;/h1-3,7,14,16-17H,4-5H2;1H4. The van der Waals surface area contributed by atoms with Gasteiger partial charge in [0.2, 0.25) is 0 Å². The summed E-state index contributed by atoms with van der Waals surface area (Å²) in [6, 6.07) is 3.56. The van der Waals surface area contributed by atoms with Gasteiger partial charge in [-0.15, -0.1) is 0 Å². The third-order valence-electron chi connectivity index (χ3n) is 2.65. The molecule has 2 rings (SSSR count). The number of halogens is 1. The van der Waals surface area contributed by atoms with Crippen LogP contribution in [0.1, 0.15) is 7.43 Å². The molecule has 0 aliphatic carbocycles. The first-order chi connectivity index (χ1) is 8.52. The summed E-state index contributed by atoms with van der Waals surface area (Å²) in [5.74, 6) is -0.831. The number of cyclic esters (lactones) is 1. The highest BCUT2D eigenvalue weighted by Crippen LogP contribution is 2.21. The van der Waals surface area contributed by atoms with Crippen molar-refractivity contribution in [2.24, 2.45) is 0 Å². The Morgan fingerprint density at radius 1 is 1.47 bits per heavy atom. The summed E-state index contributed by atoms with van der Waals surface area (Å²) in [6.45, 7) is -0.187. The number of aliphatic hydroxyl groups excluding tert-OH is 1. The van der Waals surface area contributed by atoms with Crippen LogP contribution in [0.15, 0.2) is 18.2 Å². The fraction of sp³-hybridized carbons (Fsp3) is 0.364. The quantitative estimate of drug-likeness (QED) is 0.642. The molecule has 0 spiro atoms. The topological polar surface area (TPSA) is 90.2 Å². The van der Waals surface area contributed by atoms with Gasteiger partial charge in [0.05, 0.1) is 18.8 Å². The Labute approximate surface area is 110 Å². The molecule has 0 aromatic heterocycles. The van der Waals surface area contributed by atoms with Gasteiger partial charge < -0.3 is 19.9 Å². The lowest BCUT2D eigenvalue weighted by molar-refractivity contribution is 0.0963. The second kappa shape index (κ2) is 6.00. The minimum absolute atomic E-state index is 0. The number of nitrogens with zero attached hydrogens (tertiary/aromatic N) is 1. The first kappa shape index (κ1) is 15.4. The van der Waals surface area contributed by atoms with Gasteiger partial charge in [-0.25, -0.2) is 9.18 Å².